The lowest BCUT2D eigenvalue weighted by Gasteiger charge is -2.19. The van der Waals surface area contributed by atoms with Crippen LogP contribution in [0.15, 0.2) is 51.9 Å². The minimum atomic E-state index is -0.172. The van der Waals surface area contributed by atoms with Gasteiger partial charge in [0.2, 0.25) is 5.91 Å². The van der Waals surface area contributed by atoms with Crippen molar-refractivity contribution in [3.05, 3.63) is 69.9 Å². The molecule has 0 saturated carbocycles. The van der Waals surface area contributed by atoms with Gasteiger partial charge in [-0.05, 0) is 42.1 Å². The van der Waals surface area contributed by atoms with Crippen molar-refractivity contribution in [2.24, 2.45) is 0 Å². The van der Waals surface area contributed by atoms with Gasteiger partial charge in [0.05, 0.1) is 19.4 Å². The van der Waals surface area contributed by atoms with Crippen molar-refractivity contribution in [2.45, 2.75) is 26.9 Å². The lowest BCUT2D eigenvalue weighted by molar-refractivity contribution is -0.130. The summed E-state index contributed by atoms with van der Waals surface area (Å²) in [4.78, 5) is 28.6. The minimum Gasteiger partial charge on any atom is -0.467 e. The second-order valence-corrected chi connectivity index (χ2v) is 5.67. The molecule has 0 atom stereocenters. The maximum Gasteiger partial charge on any atom is 0.253 e. The van der Waals surface area contributed by atoms with Gasteiger partial charge in [0, 0.05) is 18.0 Å². The Morgan fingerprint density at radius 3 is 2.74 bits per heavy atom. The van der Waals surface area contributed by atoms with Gasteiger partial charge in [-0.2, -0.15) is 0 Å². The van der Waals surface area contributed by atoms with Gasteiger partial charge in [-0.25, -0.2) is 0 Å². The van der Waals surface area contributed by atoms with Crippen molar-refractivity contribution in [1.82, 2.24) is 9.88 Å². The van der Waals surface area contributed by atoms with Crippen LogP contribution in [0.4, 0.5) is 0 Å². The fourth-order valence-electron chi connectivity index (χ4n) is 2.55. The van der Waals surface area contributed by atoms with Crippen LogP contribution in [0.2, 0.25) is 0 Å². The number of furan rings is 1. The van der Waals surface area contributed by atoms with Crippen molar-refractivity contribution < 1.29 is 9.21 Å². The molecule has 0 radical (unpaired) electrons. The summed E-state index contributed by atoms with van der Waals surface area (Å²) < 4.78 is 5.29. The topological polar surface area (TPSA) is 66.3 Å². The van der Waals surface area contributed by atoms with Crippen molar-refractivity contribution in [3.8, 4) is 0 Å². The van der Waals surface area contributed by atoms with Crippen LogP contribution >= 0.6 is 0 Å². The molecule has 0 fully saturated rings. The van der Waals surface area contributed by atoms with Crippen LogP contribution in [-0.2, 0) is 17.9 Å². The number of fused-ring (bicyclic) bond motifs is 1. The van der Waals surface area contributed by atoms with Crippen LogP contribution in [0.3, 0.4) is 0 Å². The lowest BCUT2D eigenvalue weighted by atomic mass is 10.1. The molecule has 0 aliphatic carbocycles. The number of nitrogens with one attached hydrogen (secondary N) is 1. The van der Waals surface area contributed by atoms with E-state index in [1.807, 2.05) is 37.3 Å². The summed E-state index contributed by atoms with van der Waals surface area (Å²) in [6.45, 7) is 4.05. The second kappa shape index (κ2) is 6.12. The first-order chi connectivity index (χ1) is 11.0. The van der Waals surface area contributed by atoms with Crippen LogP contribution in [0.1, 0.15) is 23.8 Å². The largest absolute Gasteiger partial charge is 0.467 e. The summed E-state index contributed by atoms with van der Waals surface area (Å²) in [7, 11) is 0. The van der Waals surface area contributed by atoms with E-state index in [0.717, 1.165) is 16.5 Å². The number of aromatic amines is 1. The molecule has 1 amide bonds. The first-order valence-electron chi connectivity index (χ1n) is 7.43. The van der Waals surface area contributed by atoms with E-state index in [2.05, 4.69) is 4.98 Å². The summed E-state index contributed by atoms with van der Waals surface area (Å²) in [6, 6.07) is 11.3. The summed E-state index contributed by atoms with van der Waals surface area (Å²) >= 11 is 0. The summed E-state index contributed by atoms with van der Waals surface area (Å²) in [5, 5.41) is 0.951. The first-order valence-corrected chi connectivity index (χ1v) is 7.43. The Morgan fingerprint density at radius 1 is 1.22 bits per heavy atom. The molecule has 0 bridgehead atoms. The summed E-state index contributed by atoms with van der Waals surface area (Å²) in [5.74, 6) is 0.581. The standard InChI is InChI=1S/C18H18N2O3/c1-12-5-6-14-9-15(18(22)19-17(14)8-12)10-20(13(2)21)11-16-4-3-7-23-16/h3-9H,10-11H2,1-2H3,(H,19,22). The van der Waals surface area contributed by atoms with Gasteiger partial charge >= 0.3 is 0 Å². The van der Waals surface area contributed by atoms with Crippen molar-refractivity contribution in [1.29, 1.82) is 0 Å². The molecule has 1 N–H and O–H groups in total. The summed E-state index contributed by atoms with van der Waals surface area (Å²) in [5.41, 5.74) is 2.28. The molecule has 5 heteroatoms. The molecule has 0 saturated heterocycles. The average molecular weight is 310 g/mol. The highest BCUT2D eigenvalue weighted by atomic mass is 16.3. The Bertz CT molecular complexity index is 894. The van der Waals surface area contributed by atoms with Crippen molar-refractivity contribution in [3.63, 3.8) is 0 Å². The van der Waals surface area contributed by atoms with Gasteiger partial charge in [0.15, 0.2) is 0 Å². The van der Waals surface area contributed by atoms with Gasteiger partial charge in [0.1, 0.15) is 5.76 Å². The lowest BCUT2D eigenvalue weighted by Crippen LogP contribution is -2.30. The molecular formula is C18H18N2O3. The molecule has 0 spiro atoms. The van der Waals surface area contributed by atoms with Gasteiger partial charge in [-0.15, -0.1) is 0 Å². The fraction of sp³-hybridized carbons (Fsp3) is 0.222. The Kier molecular flexibility index (Phi) is 4.02. The van der Waals surface area contributed by atoms with Crippen LogP contribution < -0.4 is 5.56 Å². The van der Waals surface area contributed by atoms with Crippen LogP contribution in [0.25, 0.3) is 10.9 Å². The summed E-state index contributed by atoms with van der Waals surface area (Å²) in [6.07, 6.45) is 1.57. The number of hydrogen-bond donors (Lipinski definition) is 1. The number of carbonyl (C=O) groups is 1. The number of carbonyl (C=O) groups excluding carboxylic acids is 1. The van der Waals surface area contributed by atoms with Gasteiger partial charge in [0.25, 0.3) is 5.56 Å². The number of rotatable bonds is 4. The highest BCUT2D eigenvalue weighted by Gasteiger charge is 2.14. The third-order valence-corrected chi connectivity index (χ3v) is 3.81. The Balaban J connectivity index is 1.92. The predicted octanol–water partition coefficient (Wildman–Crippen LogP) is 2.98. The Labute approximate surface area is 133 Å². The fourth-order valence-corrected chi connectivity index (χ4v) is 2.55. The van der Waals surface area contributed by atoms with E-state index in [1.165, 1.54) is 6.92 Å². The molecule has 2 aromatic heterocycles. The van der Waals surface area contributed by atoms with E-state index in [1.54, 1.807) is 17.2 Å². The Morgan fingerprint density at radius 2 is 2.04 bits per heavy atom. The van der Waals surface area contributed by atoms with E-state index in [9.17, 15) is 9.59 Å². The number of H-pyrrole nitrogens is 1. The third kappa shape index (κ3) is 3.34. The van der Waals surface area contributed by atoms with E-state index in [4.69, 9.17) is 4.42 Å². The maximum absolute atomic E-state index is 12.3. The predicted molar refractivity (Wildman–Crippen MR) is 87.9 cm³/mol. The maximum atomic E-state index is 12.3. The zero-order valence-electron chi connectivity index (χ0n) is 13.1. The molecule has 118 valence electrons. The molecule has 1 aromatic carbocycles. The van der Waals surface area contributed by atoms with Crippen molar-refractivity contribution >= 4 is 16.8 Å². The van der Waals surface area contributed by atoms with Crippen LogP contribution in [-0.4, -0.2) is 15.8 Å². The molecule has 3 rings (SSSR count). The normalized spacial score (nSPS) is 10.9. The van der Waals surface area contributed by atoms with Crippen LogP contribution in [0.5, 0.6) is 0 Å². The van der Waals surface area contributed by atoms with E-state index >= 15 is 0 Å². The first kappa shape index (κ1) is 15.1. The molecule has 5 nitrogen and oxygen atoms in total. The van der Waals surface area contributed by atoms with Gasteiger partial charge in [-0.1, -0.05) is 12.1 Å². The van der Waals surface area contributed by atoms with Crippen LogP contribution in [0, 0.1) is 6.92 Å². The molecule has 3 aromatic rings. The number of hydrogen-bond acceptors (Lipinski definition) is 3. The highest BCUT2D eigenvalue weighted by molar-refractivity contribution is 5.80. The van der Waals surface area contributed by atoms with E-state index < -0.39 is 0 Å². The van der Waals surface area contributed by atoms with Crippen molar-refractivity contribution in [2.75, 3.05) is 0 Å². The zero-order chi connectivity index (χ0) is 16.4. The molecule has 23 heavy (non-hydrogen) atoms. The third-order valence-electron chi connectivity index (χ3n) is 3.81. The van der Waals surface area contributed by atoms with Gasteiger partial charge < -0.3 is 14.3 Å². The smallest absolute Gasteiger partial charge is 0.253 e. The SMILES string of the molecule is CC(=O)N(Cc1ccco1)Cc1cc2ccc(C)cc2[nH]c1=O. The molecule has 0 aliphatic rings. The quantitative estimate of drug-likeness (QED) is 0.805. The highest BCUT2D eigenvalue weighted by Crippen LogP contribution is 2.15. The number of pyridine rings is 1. The zero-order valence-corrected chi connectivity index (χ0v) is 13.1. The average Bonchev–Trinajstić information content (AvgIpc) is 3.00. The molecule has 2 heterocycles. The number of benzene rings is 1. The Hall–Kier alpha value is -2.82. The number of nitrogens with zero attached hydrogens (tertiary/aromatic N) is 1. The molecule has 0 unspecified atom stereocenters. The molecular weight excluding hydrogens is 292 g/mol. The van der Waals surface area contributed by atoms with Gasteiger partial charge in [-0.3, -0.25) is 9.59 Å². The van der Waals surface area contributed by atoms with E-state index in [0.29, 0.717) is 17.9 Å². The second-order valence-electron chi connectivity index (χ2n) is 5.67. The monoisotopic (exact) mass is 310 g/mol. The molecule has 0 aliphatic heterocycles. The number of amides is 1. The number of aromatic nitrogens is 1. The number of aryl methyl sites for hydroxylation is 1. The minimum absolute atomic E-state index is 0.107. The van der Waals surface area contributed by atoms with E-state index in [-0.39, 0.29) is 18.0 Å².